The third kappa shape index (κ3) is 8.16. The third-order valence-electron chi connectivity index (χ3n) is 13.9. The van der Waals surface area contributed by atoms with Gasteiger partial charge in [0, 0.05) is 49.8 Å². The predicted octanol–water partition coefficient (Wildman–Crippen LogP) is 6.93. The maximum Gasteiger partial charge on any atom is 0.287 e. The van der Waals surface area contributed by atoms with Gasteiger partial charge in [0.15, 0.2) is 0 Å². The summed E-state index contributed by atoms with van der Waals surface area (Å²) in [4.78, 5) is 71.4. The number of hydrogen-bond donors (Lipinski definition) is 3. The van der Waals surface area contributed by atoms with Crippen LogP contribution in [0.2, 0.25) is 0 Å². The van der Waals surface area contributed by atoms with Gasteiger partial charge >= 0.3 is 0 Å². The molecule has 4 fully saturated rings. The molecule has 0 radical (unpaired) electrons. The minimum Gasteiger partial charge on any atom is -0.494 e. The Hall–Kier alpha value is -5.77. The van der Waals surface area contributed by atoms with Crippen molar-refractivity contribution in [2.24, 2.45) is 17.3 Å². The summed E-state index contributed by atoms with van der Waals surface area (Å²) in [5, 5.41) is 14.2. The monoisotopic (exact) mass is 850 g/mol. The Morgan fingerprint density at radius 1 is 0.952 bits per heavy atom. The molecule has 1 unspecified atom stereocenters. The molecule has 5 amide bonds. The van der Waals surface area contributed by atoms with Gasteiger partial charge in [0.1, 0.15) is 23.2 Å². The van der Waals surface area contributed by atoms with Gasteiger partial charge in [-0.15, -0.1) is 0 Å². The Morgan fingerprint density at radius 2 is 1.71 bits per heavy atom. The van der Waals surface area contributed by atoms with Gasteiger partial charge in [0.05, 0.1) is 35.5 Å². The number of benzene rings is 2. The van der Waals surface area contributed by atoms with Gasteiger partial charge in [0.2, 0.25) is 11.8 Å². The molecule has 3 aliphatic heterocycles. The predicted molar refractivity (Wildman–Crippen MR) is 226 cm³/mol. The number of piperidine rings is 2. The van der Waals surface area contributed by atoms with Gasteiger partial charge in [-0.3, -0.25) is 38.9 Å². The first kappa shape index (κ1) is 41.6. The van der Waals surface area contributed by atoms with E-state index in [0.717, 1.165) is 74.5 Å². The van der Waals surface area contributed by atoms with Crippen LogP contribution in [0.3, 0.4) is 0 Å². The van der Waals surface area contributed by atoms with Gasteiger partial charge in [-0.2, -0.15) is 13.9 Å². The van der Waals surface area contributed by atoms with E-state index >= 15 is 0 Å². The number of aromatic nitrogens is 3. The van der Waals surface area contributed by atoms with Gasteiger partial charge in [-0.1, -0.05) is 12.1 Å². The van der Waals surface area contributed by atoms with Crippen molar-refractivity contribution >= 4 is 51.8 Å². The largest absolute Gasteiger partial charge is 0.494 e. The van der Waals surface area contributed by atoms with Crippen LogP contribution in [0.4, 0.5) is 20.2 Å². The van der Waals surface area contributed by atoms with E-state index in [4.69, 9.17) is 9.84 Å². The van der Waals surface area contributed by atoms with Crippen molar-refractivity contribution in [1.82, 2.24) is 29.9 Å². The number of carbonyl (C=O) groups is 5. The first-order valence-electron chi connectivity index (χ1n) is 21.8. The Bertz CT molecular complexity index is 2420. The summed E-state index contributed by atoms with van der Waals surface area (Å²) in [5.74, 6) is -4.10. The lowest BCUT2D eigenvalue weighted by atomic mass is 9.57. The Kier molecular flexibility index (Phi) is 11.1. The summed E-state index contributed by atoms with van der Waals surface area (Å²) in [6.45, 7) is 4.80. The molecule has 4 aromatic rings. The molecule has 2 aromatic carbocycles. The highest BCUT2D eigenvalue weighted by atomic mass is 19.3. The zero-order chi connectivity index (χ0) is 43.3. The lowest BCUT2D eigenvalue weighted by Gasteiger charge is -2.53. The fraction of sp³-hybridized carbons (Fsp3) is 0.500. The minimum absolute atomic E-state index is 0.0870. The number of nitrogens with zero attached hydrogens (tertiary/aromatic N) is 5. The van der Waals surface area contributed by atoms with E-state index in [1.54, 1.807) is 24.3 Å². The number of alkyl halides is 2. The molecule has 16 heteroatoms. The number of imide groups is 2. The highest BCUT2D eigenvalue weighted by Crippen LogP contribution is 2.54. The van der Waals surface area contributed by atoms with Crippen molar-refractivity contribution in [2.45, 2.75) is 95.6 Å². The number of rotatable bonds is 12. The second kappa shape index (κ2) is 16.5. The topological polar surface area (TPSA) is 168 Å². The molecule has 0 bridgehead atoms. The highest BCUT2D eigenvalue weighted by molar-refractivity contribution is 6.25. The van der Waals surface area contributed by atoms with Crippen molar-refractivity contribution in [1.29, 1.82) is 0 Å². The number of carbonyl (C=O) groups excluding carboxylic acids is 5. The third-order valence-corrected chi connectivity index (χ3v) is 13.9. The standard InChI is InChI=1S/C46H52F2N8O6/c1-45(47,48)38-8-4-7-33(50-38)41(58)51-35-21-29-26-55(53-34(29)22-37(35)62-2)30-11-9-27(10-12-30)25-54-19-16-46(17-20-54)23-28(24-46)15-18-49-32-6-3-5-31-40(32)44(61)56(43(31)60)36-13-14-39(57)52-42(36)59/h3-8,21-22,26-28,30,36,49H,9-20,23-25H2,1-2H3,(H,51,58)(H,52,57,59). The number of methoxy groups -OCH3 is 1. The van der Waals surface area contributed by atoms with E-state index in [2.05, 4.69) is 25.8 Å². The van der Waals surface area contributed by atoms with E-state index in [1.165, 1.54) is 51.0 Å². The summed E-state index contributed by atoms with van der Waals surface area (Å²) in [7, 11) is 1.51. The van der Waals surface area contributed by atoms with Crippen LogP contribution in [-0.4, -0.2) is 93.4 Å². The normalized spacial score (nSPS) is 23.0. The van der Waals surface area contributed by atoms with E-state index in [1.807, 2.05) is 16.9 Å². The van der Waals surface area contributed by atoms with Crippen molar-refractivity contribution in [3.63, 3.8) is 0 Å². The average Bonchev–Trinajstić information content (AvgIpc) is 3.77. The molecule has 14 nitrogen and oxygen atoms in total. The fourth-order valence-corrected chi connectivity index (χ4v) is 10.5. The molecule has 326 valence electrons. The molecular formula is C46H52F2N8O6. The molecule has 2 aromatic heterocycles. The number of likely N-dealkylation sites (tertiary alicyclic amines) is 1. The Balaban J connectivity index is 0.715. The van der Waals surface area contributed by atoms with Gasteiger partial charge in [0.25, 0.3) is 23.6 Å². The van der Waals surface area contributed by atoms with Crippen LogP contribution in [0.25, 0.3) is 10.9 Å². The Labute approximate surface area is 358 Å². The van der Waals surface area contributed by atoms with Crippen LogP contribution >= 0.6 is 0 Å². The van der Waals surface area contributed by atoms with Crippen molar-refractivity contribution in [3.8, 4) is 5.75 Å². The maximum atomic E-state index is 13.9. The number of anilines is 2. The zero-order valence-corrected chi connectivity index (χ0v) is 35.1. The molecule has 2 saturated carbocycles. The molecule has 2 aliphatic carbocycles. The summed E-state index contributed by atoms with van der Waals surface area (Å²) in [6, 6.07) is 12.0. The van der Waals surface area contributed by atoms with Crippen LogP contribution in [-0.2, 0) is 15.5 Å². The smallest absolute Gasteiger partial charge is 0.287 e. The molecular weight excluding hydrogens is 799 g/mol. The molecule has 5 aliphatic rings. The lowest BCUT2D eigenvalue weighted by Crippen LogP contribution is -2.54. The average molecular weight is 851 g/mol. The number of pyridine rings is 1. The number of ether oxygens (including phenoxy) is 1. The highest BCUT2D eigenvalue weighted by Gasteiger charge is 2.47. The summed E-state index contributed by atoms with van der Waals surface area (Å²) < 4.78 is 35.3. The van der Waals surface area contributed by atoms with E-state index < -0.39 is 47.2 Å². The minimum atomic E-state index is -3.17. The first-order chi connectivity index (χ1) is 29.8. The quantitative estimate of drug-likeness (QED) is 0.127. The maximum absolute atomic E-state index is 13.9. The first-order valence-corrected chi connectivity index (χ1v) is 21.8. The van der Waals surface area contributed by atoms with Crippen LogP contribution in [0, 0.1) is 17.3 Å². The van der Waals surface area contributed by atoms with Crippen LogP contribution in [0.5, 0.6) is 5.75 Å². The summed E-state index contributed by atoms with van der Waals surface area (Å²) in [5.41, 5.74) is 2.19. The molecule has 62 heavy (non-hydrogen) atoms. The second-order valence-corrected chi connectivity index (χ2v) is 18.1. The van der Waals surface area contributed by atoms with Crippen molar-refractivity contribution < 1.29 is 37.5 Å². The number of fused-ring (bicyclic) bond motifs is 2. The Morgan fingerprint density at radius 3 is 2.44 bits per heavy atom. The molecule has 3 N–H and O–H groups in total. The summed E-state index contributed by atoms with van der Waals surface area (Å²) in [6.07, 6.45) is 12.4. The number of hydrogen-bond acceptors (Lipinski definition) is 10. The SMILES string of the molecule is COc1cc2nn(C3CCC(CN4CCC5(CC4)CC(CCNc4cccc6c4C(=O)N(C4CCC(=O)NC4=O)C6=O)C5)CC3)cc2cc1NC(=O)c1cccc(C(C)(F)F)n1. The number of halogens is 2. The summed E-state index contributed by atoms with van der Waals surface area (Å²) >= 11 is 0. The fourth-order valence-electron chi connectivity index (χ4n) is 10.5. The van der Waals surface area contributed by atoms with E-state index in [0.29, 0.717) is 46.5 Å². The molecule has 1 spiro atoms. The lowest BCUT2D eigenvalue weighted by molar-refractivity contribution is -0.136. The van der Waals surface area contributed by atoms with Gasteiger partial charge < -0.3 is 20.3 Å². The molecule has 2 saturated heterocycles. The van der Waals surface area contributed by atoms with Gasteiger partial charge in [-0.05, 0) is 125 Å². The van der Waals surface area contributed by atoms with Crippen LogP contribution in [0.15, 0.2) is 54.7 Å². The number of nitrogens with one attached hydrogen (secondary N) is 3. The van der Waals surface area contributed by atoms with Gasteiger partial charge in [-0.25, -0.2) is 4.98 Å². The zero-order valence-electron chi connectivity index (χ0n) is 35.1. The van der Waals surface area contributed by atoms with Crippen LogP contribution < -0.4 is 20.7 Å². The van der Waals surface area contributed by atoms with E-state index in [-0.39, 0.29) is 30.1 Å². The molecule has 1 atom stereocenters. The second-order valence-electron chi connectivity index (χ2n) is 18.1. The molecule has 9 rings (SSSR count). The van der Waals surface area contributed by atoms with Crippen LogP contribution in [0.1, 0.15) is 120 Å². The van der Waals surface area contributed by atoms with E-state index in [9.17, 15) is 32.8 Å². The van der Waals surface area contributed by atoms with Crippen molar-refractivity contribution in [2.75, 3.05) is 43.9 Å². The number of amides is 5. The van der Waals surface area contributed by atoms with Crippen molar-refractivity contribution in [3.05, 3.63) is 77.2 Å². The molecule has 5 heterocycles.